The average molecular weight is 309 g/mol. The van der Waals surface area contributed by atoms with Crippen LogP contribution in [0.3, 0.4) is 0 Å². The molecule has 0 aliphatic rings. The largest absolute Gasteiger partial charge is 0.298 e. The van der Waals surface area contributed by atoms with Crippen LogP contribution in [0.4, 0.5) is 0 Å². The van der Waals surface area contributed by atoms with Crippen LogP contribution < -0.4 is 0 Å². The quantitative estimate of drug-likeness (QED) is 0.620. The minimum atomic E-state index is 0.0742. The minimum Gasteiger partial charge on any atom is -0.298 e. The second-order valence-electron chi connectivity index (χ2n) is 2.94. The highest BCUT2D eigenvalue weighted by atomic mass is 127. The second kappa shape index (κ2) is 4.96. The van der Waals surface area contributed by atoms with Crippen LogP contribution in [0.5, 0.6) is 0 Å². The van der Waals surface area contributed by atoms with Crippen molar-refractivity contribution in [2.45, 2.75) is 13.3 Å². The van der Waals surface area contributed by atoms with E-state index in [2.05, 4.69) is 22.6 Å². The number of carbonyl (C=O) groups excluding carboxylic acids is 1. The first-order chi connectivity index (χ1) is 6.13. The molecular formula is C10H10ClIO. The van der Waals surface area contributed by atoms with Crippen LogP contribution in [0.1, 0.15) is 11.1 Å². The Bertz CT molecular complexity index is 323. The van der Waals surface area contributed by atoms with Gasteiger partial charge in [0.25, 0.3) is 0 Å². The summed E-state index contributed by atoms with van der Waals surface area (Å²) in [7, 11) is 0. The van der Waals surface area contributed by atoms with E-state index in [0.717, 1.165) is 9.13 Å². The zero-order valence-electron chi connectivity index (χ0n) is 7.31. The topological polar surface area (TPSA) is 17.1 Å². The van der Waals surface area contributed by atoms with Gasteiger partial charge in [0.2, 0.25) is 0 Å². The zero-order chi connectivity index (χ0) is 9.84. The molecule has 0 radical (unpaired) electrons. The second-order valence-corrected chi connectivity index (χ2v) is 4.37. The third kappa shape index (κ3) is 3.27. The van der Waals surface area contributed by atoms with E-state index in [1.165, 1.54) is 5.56 Å². The van der Waals surface area contributed by atoms with Gasteiger partial charge in [-0.1, -0.05) is 17.7 Å². The Hall–Kier alpha value is -0.0900. The van der Waals surface area contributed by atoms with Crippen LogP contribution in [0.25, 0.3) is 0 Å². The molecule has 0 fully saturated rings. The molecule has 1 nitrogen and oxygen atoms in total. The molecule has 1 aromatic carbocycles. The number of carbonyl (C=O) groups is 1. The molecule has 0 saturated heterocycles. The molecule has 0 atom stereocenters. The van der Waals surface area contributed by atoms with Gasteiger partial charge in [-0.05, 0) is 41.1 Å². The lowest BCUT2D eigenvalue weighted by atomic mass is 10.1. The SMILES string of the molecule is Cc1ccc(I)c(CC(=O)CCl)c1. The van der Waals surface area contributed by atoms with Gasteiger partial charge in [0.1, 0.15) is 0 Å². The highest BCUT2D eigenvalue weighted by molar-refractivity contribution is 14.1. The Morgan fingerprint density at radius 3 is 2.85 bits per heavy atom. The number of hydrogen-bond acceptors (Lipinski definition) is 1. The molecule has 70 valence electrons. The standard InChI is InChI=1S/C10H10ClIO/c1-7-2-3-10(12)8(4-7)5-9(13)6-11/h2-4H,5-6H2,1H3. The third-order valence-electron chi connectivity index (χ3n) is 1.74. The summed E-state index contributed by atoms with van der Waals surface area (Å²) in [6.07, 6.45) is 0.448. The van der Waals surface area contributed by atoms with Crippen LogP contribution in [-0.2, 0) is 11.2 Å². The summed E-state index contributed by atoms with van der Waals surface area (Å²) in [6, 6.07) is 6.09. The van der Waals surface area contributed by atoms with E-state index in [0.29, 0.717) is 6.42 Å². The molecule has 3 heteroatoms. The van der Waals surface area contributed by atoms with Crippen molar-refractivity contribution in [3.63, 3.8) is 0 Å². The smallest absolute Gasteiger partial charge is 0.151 e. The Labute approximate surface area is 96.6 Å². The maximum atomic E-state index is 11.1. The van der Waals surface area contributed by atoms with Gasteiger partial charge in [0.15, 0.2) is 5.78 Å². The van der Waals surface area contributed by atoms with Crippen LogP contribution >= 0.6 is 34.2 Å². The maximum absolute atomic E-state index is 11.1. The van der Waals surface area contributed by atoms with Gasteiger partial charge in [-0.3, -0.25) is 4.79 Å². The van der Waals surface area contributed by atoms with Crippen LogP contribution in [0, 0.1) is 10.5 Å². The predicted molar refractivity (Wildman–Crippen MR) is 63.3 cm³/mol. The van der Waals surface area contributed by atoms with Crippen molar-refractivity contribution in [3.05, 3.63) is 32.9 Å². The molecular weight excluding hydrogens is 298 g/mol. The van der Waals surface area contributed by atoms with Crippen molar-refractivity contribution >= 4 is 40.0 Å². The lowest BCUT2D eigenvalue weighted by Crippen LogP contribution is -2.05. The fraction of sp³-hybridized carbons (Fsp3) is 0.300. The van der Waals surface area contributed by atoms with Crippen LogP contribution in [0.2, 0.25) is 0 Å². The van der Waals surface area contributed by atoms with Gasteiger partial charge in [0, 0.05) is 9.99 Å². The molecule has 0 bridgehead atoms. The van der Waals surface area contributed by atoms with Crippen LogP contribution in [0.15, 0.2) is 18.2 Å². The number of halogens is 2. The van der Waals surface area contributed by atoms with E-state index in [1.807, 2.05) is 25.1 Å². The predicted octanol–water partition coefficient (Wildman–Crippen LogP) is 2.95. The molecule has 0 saturated carbocycles. The van der Waals surface area contributed by atoms with E-state index < -0.39 is 0 Å². The highest BCUT2D eigenvalue weighted by Gasteiger charge is 2.05. The Kier molecular flexibility index (Phi) is 4.19. The monoisotopic (exact) mass is 308 g/mol. The first-order valence-corrected chi connectivity index (χ1v) is 5.57. The van der Waals surface area contributed by atoms with Crippen molar-refractivity contribution in [3.8, 4) is 0 Å². The molecule has 0 unspecified atom stereocenters. The number of aryl methyl sites for hydroxylation is 1. The third-order valence-corrected chi connectivity index (χ3v) is 3.09. The molecule has 0 heterocycles. The maximum Gasteiger partial charge on any atom is 0.151 e. The van der Waals surface area contributed by atoms with Gasteiger partial charge in [-0.25, -0.2) is 0 Å². The van der Waals surface area contributed by atoms with Gasteiger partial charge in [0.05, 0.1) is 5.88 Å². The number of ketones is 1. The summed E-state index contributed by atoms with van der Waals surface area (Å²) in [5, 5.41) is 0. The zero-order valence-corrected chi connectivity index (χ0v) is 10.2. The molecule has 0 N–H and O–H groups in total. The van der Waals surface area contributed by atoms with Gasteiger partial charge < -0.3 is 0 Å². The Balaban J connectivity index is 2.87. The number of Topliss-reactive ketones (excluding diaryl/α,β-unsaturated/α-hetero) is 1. The van der Waals surface area contributed by atoms with E-state index in [-0.39, 0.29) is 11.7 Å². The normalized spacial score (nSPS) is 10.1. The number of rotatable bonds is 3. The molecule has 1 rings (SSSR count). The lowest BCUT2D eigenvalue weighted by molar-refractivity contribution is -0.116. The summed E-state index contributed by atoms with van der Waals surface area (Å²) < 4.78 is 1.13. The molecule has 0 aliphatic heterocycles. The van der Waals surface area contributed by atoms with Gasteiger partial charge >= 0.3 is 0 Å². The molecule has 13 heavy (non-hydrogen) atoms. The Morgan fingerprint density at radius 1 is 1.54 bits per heavy atom. The summed E-state index contributed by atoms with van der Waals surface area (Å²) in [5.41, 5.74) is 2.25. The van der Waals surface area contributed by atoms with E-state index in [4.69, 9.17) is 11.6 Å². The summed E-state index contributed by atoms with van der Waals surface area (Å²) in [4.78, 5) is 11.1. The molecule has 0 amide bonds. The fourth-order valence-electron chi connectivity index (χ4n) is 1.10. The first-order valence-electron chi connectivity index (χ1n) is 3.96. The van der Waals surface area contributed by atoms with Crippen molar-refractivity contribution in [2.24, 2.45) is 0 Å². The molecule has 0 spiro atoms. The van der Waals surface area contributed by atoms with Crippen molar-refractivity contribution in [1.29, 1.82) is 0 Å². The average Bonchev–Trinajstić information content (AvgIpc) is 2.11. The summed E-state index contributed by atoms with van der Waals surface area (Å²) in [5.74, 6) is 0.175. The lowest BCUT2D eigenvalue weighted by Gasteiger charge is -2.03. The number of hydrogen-bond donors (Lipinski definition) is 0. The van der Waals surface area contributed by atoms with Crippen molar-refractivity contribution < 1.29 is 4.79 Å². The summed E-state index contributed by atoms with van der Waals surface area (Å²) >= 11 is 7.67. The van der Waals surface area contributed by atoms with Crippen molar-refractivity contribution in [1.82, 2.24) is 0 Å². The van der Waals surface area contributed by atoms with Gasteiger partial charge in [-0.2, -0.15) is 0 Å². The number of benzene rings is 1. The Morgan fingerprint density at radius 2 is 2.23 bits per heavy atom. The van der Waals surface area contributed by atoms with Crippen LogP contribution in [-0.4, -0.2) is 11.7 Å². The van der Waals surface area contributed by atoms with E-state index >= 15 is 0 Å². The van der Waals surface area contributed by atoms with Crippen molar-refractivity contribution in [2.75, 3.05) is 5.88 Å². The van der Waals surface area contributed by atoms with E-state index in [1.54, 1.807) is 0 Å². The summed E-state index contributed by atoms with van der Waals surface area (Å²) in [6.45, 7) is 2.02. The van der Waals surface area contributed by atoms with E-state index in [9.17, 15) is 4.79 Å². The number of alkyl halides is 1. The minimum absolute atomic E-state index is 0.0742. The fourth-order valence-corrected chi connectivity index (χ4v) is 1.72. The molecule has 0 aromatic heterocycles. The molecule has 0 aliphatic carbocycles. The highest BCUT2D eigenvalue weighted by Crippen LogP contribution is 2.15. The molecule has 1 aromatic rings. The van der Waals surface area contributed by atoms with Gasteiger partial charge in [-0.15, -0.1) is 11.6 Å². The first kappa shape index (κ1) is 11.0.